The fraction of sp³-hybridized carbons (Fsp3) is 0.700. The third-order valence-electron chi connectivity index (χ3n) is 7.31. The zero-order valence-electron chi connectivity index (χ0n) is 14.5. The predicted octanol–water partition coefficient (Wildman–Crippen LogP) is 5.45. The Kier molecular flexibility index (Phi) is 2.70. The van der Waals surface area contributed by atoms with Gasteiger partial charge in [0.1, 0.15) is 11.2 Å². The number of furan rings is 1. The number of fused-ring (bicyclic) bond motifs is 2. The predicted molar refractivity (Wildman–Crippen MR) is 87.5 cm³/mol. The van der Waals surface area contributed by atoms with Gasteiger partial charge in [-0.2, -0.15) is 0 Å². The SMILES string of the molecule is CC1=CC[C@@H]2C(C)(C)CCC[C@]2(C)[C@@]12O[C@@]2(C)c1ccoc1. The molecule has 120 valence electrons. The zero-order valence-corrected chi connectivity index (χ0v) is 14.5. The molecule has 1 saturated carbocycles. The fourth-order valence-corrected chi connectivity index (χ4v) is 6.21. The molecule has 2 aliphatic carbocycles. The number of rotatable bonds is 1. The summed E-state index contributed by atoms with van der Waals surface area (Å²) in [5, 5.41) is 0. The smallest absolute Gasteiger partial charge is 0.129 e. The van der Waals surface area contributed by atoms with Gasteiger partial charge in [-0.05, 0) is 56.1 Å². The van der Waals surface area contributed by atoms with Crippen LogP contribution in [-0.2, 0) is 10.3 Å². The molecule has 4 atom stereocenters. The van der Waals surface area contributed by atoms with E-state index in [0.29, 0.717) is 11.3 Å². The molecular formula is C20H28O2. The van der Waals surface area contributed by atoms with Gasteiger partial charge in [-0.25, -0.2) is 0 Å². The van der Waals surface area contributed by atoms with Crippen LogP contribution in [0.5, 0.6) is 0 Å². The van der Waals surface area contributed by atoms with Gasteiger partial charge < -0.3 is 9.15 Å². The standard InChI is InChI=1S/C20H28O2/c1-14-7-8-16-17(2,3)10-6-11-18(16,4)20(14)19(5,22-20)15-9-12-21-13-15/h7,9,12-13,16H,6,8,10-11H2,1-5H3/t16-,18+,19+,20+/m1/s1. The first-order valence-electron chi connectivity index (χ1n) is 8.68. The van der Waals surface area contributed by atoms with Crippen LogP contribution >= 0.6 is 0 Å². The van der Waals surface area contributed by atoms with Crippen molar-refractivity contribution < 1.29 is 9.15 Å². The highest BCUT2D eigenvalue weighted by atomic mass is 16.6. The van der Waals surface area contributed by atoms with E-state index in [4.69, 9.17) is 9.15 Å². The Bertz CT molecular complexity index is 626. The molecule has 1 aromatic heterocycles. The van der Waals surface area contributed by atoms with Crippen LogP contribution in [0.4, 0.5) is 0 Å². The van der Waals surface area contributed by atoms with Crippen molar-refractivity contribution in [2.45, 2.75) is 71.5 Å². The van der Waals surface area contributed by atoms with E-state index < -0.39 is 0 Å². The van der Waals surface area contributed by atoms with Crippen LogP contribution in [-0.4, -0.2) is 5.60 Å². The molecule has 3 aliphatic rings. The van der Waals surface area contributed by atoms with Gasteiger partial charge in [-0.1, -0.05) is 33.3 Å². The maximum atomic E-state index is 6.63. The summed E-state index contributed by atoms with van der Waals surface area (Å²) in [6.07, 6.45) is 11.2. The summed E-state index contributed by atoms with van der Waals surface area (Å²) in [6, 6.07) is 2.07. The molecule has 0 bridgehead atoms. The lowest BCUT2D eigenvalue weighted by atomic mass is 9.46. The largest absolute Gasteiger partial charge is 0.472 e. The van der Waals surface area contributed by atoms with E-state index in [1.807, 2.05) is 6.26 Å². The van der Waals surface area contributed by atoms with Crippen molar-refractivity contribution in [2.75, 3.05) is 0 Å². The van der Waals surface area contributed by atoms with Crippen molar-refractivity contribution in [1.82, 2.24) is 0 Å². The van der Waals surface area contributed by atoms with E-state index in [9.17, 15) is 0 Å². The lowest BCUT2D eigenvalue weighted by Crippen LogP contribution is -2.55. The maximum Gasteiger partial charge on any atom is 0.129 e. The Hall–Kier alpha value is -1.02. The van der Waals surface area contributed by atoms with Crippen LogP contribution in [0.25, 0.3) is 0 Å². The Balaban J connectivity index is 1.86. The van der Waals surface area contributed by atoms with Crippen molar-refractivity contribution in [3.63, 3.8) is 0 Å². The minimum atomic E-state index is -0.235. The molecule has 0 unspecified atom stereocenters. The summed E-state index contributed by atoms with van der Waals surface area (Å²) in [5.74, 6) is 0.686. The van der Waals surface area contributed by atoms with Crippen molar-refractivity contribution in [3.05, 3.63) is 35.8 Å². The van der Waals surface area contributed by atoms with Crippen LogP contribution < -0.4 is 0 Å². The summed E-state index contributed by atoms with van der Waals surface area (Å²) >= 11 is 0. The molecule has 1 saturated heterocycles. The molecule has 0 aromatic carbocycles. The monoisotopic (exact) mass is 300 g/mol. The second-order valence-electron chi connectivity index (χ2n) is 8.76. The summed E-state index contributed by atoms with van der Waals surface area (Å²) in [5.41, 5.74) is 2.82. The average Bonchev–Trinajstić information content (AvgIpc) is 2.85. The van der Waals surface area contributed by atoms with Crippen LogP contribution in [0.3, 0.4) is 0 Å². The molecular weight excluding hydrogens is 272 g/mol. The highest BCUT2D eigenvalue weighted by Crippen LogP contribution is 2.75. The van der Waals surface area contributed by atoms with Crippen LogP contribution in [0.1, 0.15) is 65.9 Å². The minimum absolute atomic E-state index is 0.148. The summed E-state index contributed by atoms with van der Waals surface area (Å²) in [7, 11) is 0. The molecule has 22 heavy (non-hydrogen) atoms. The highest BCUT2D eigenvalue weighted by Gasteiger charge is 2.79. The summed E-state index contributed by atoms with van der Waals surface area (Å²) < 4.78 is 12.0. The zero-order chi connectivity index (χ0) is 15.8. The van der Waals surface area contributed by atoms with E-state index in [1.165, 1.54) is 36.8 Å². The Morgan fingerprint density at radius 1 is 1.14 bits per heavy atom. The Labute approximate surface area is 133 Å². The molecule has 0 radical (unpaired) electrons. The first kappa shape index (κ1) is 14.6. The van der Waals surface area contributed by atoms with E-state index in [1.54, 1.807) is 6.26 Å². The summed E-state index contributed by atoms with van der Waals surface area (Å²) in [6.45, 7) is 11.9. The lowest BCUT2D eigenvalue weighted by Gasteiger charge is -2.56. The van der Waals surface area contributed by atoms with E-state index in [-0.39, 0.29) is 16.6 Å². The van der Waals surface area contributed by atoms with Crippen molar-refractivity contribution in [3.8, 4) is 0 Å². The van der Waals surface area contributed by atoms with E-state index in [0.717, 1.165) is 0 Å². The Morgan fingerprint density at radius 2 is 1.91 bits per heavy atom. The number of hydrogen-bond acceptors (Lipinski definition) is 2. The van der Waals surface area contributed by atoms with Gasteiger partial charge in [0, 0.05) is 11.0 Å². The number of hydrogen-bond donors (Lipinski definition) is 0. The van der Waals surface area contributed by atoms with Gasteiger partial charge in [0.2, 0.25) is 0 Å². The van der Waals surface area contributed by atoms with Gasteiger partial charge in [-0.15, -0.1) is 0 Å². The topological polar surface area (TPSA) is 25.7 Å². The normalized spacial score (nSPS) is 46.2. The van der Waals surface area contributed by atoms with Crippen LogP contribution in [0.2, 0.25) is 0 Å². The van der Waals surface area contributed by atoms with Crippen LogP contribution in [0.15, 0.2) is 34.7 Å². The molecule has 1 aromatic rings. The van der Waals surface area contributed by atoms with Crippen LogP contribution in [0, 0.1) is 16.7 Å². The molecule has 1 spiro atoms. The van der Waals surface area contributed by atoms with E-state index >= 15 is 0 Å². The first-order chi connectivity index (χ1) is 10.3. The number of allylic oxidation sites excluding steroid dienone is 1. The second kappa shape index (κ2) is 4.08. The second-order valence-corrected chi connectivity index (χ2v) is 8.76. The third kappa shape index (κ3) is 1.45. The maximum absolute atomic E-state index is 6.63. The molecule has 2 heterocycles. The minimum Gasteiger partial charge on any atom is -0.472 e. The summed E-state index contributed by atoms with van der Waals surface area (Å²) in [4.78, 5) is 0. The number of epoxide rings is 1. The molecule has 1 aliphatic heterocycles. The molecule has 2 nitrogen and oxygen atoms in total. The average molecular weight is 300 g/mol. The van der Waals surface area contributed by atoms with Crippen molar-refractivity contribution in [2.24, 2.45) is 16.7 Å². The molecule has 0 amide bonds. The van der Waals surface area contributed by atoms with Gasteiger partial charge in [0.25, 0.3) is 0 Å². The molecule has 2 fully saturated rings. The number of ether oxygens (including phenoxy) is 1. The highest BCUT2D eigenvalue weighted by molar-refractivity contribution is 5.45. The van der Waals surface area contributed by atoms with Gasteiger partial charge >= 0.3 is 0 Å². The van der Waals surface area contributed by atoms with Gasteiger partial charge in [0.15, 0.2) is 0 Å². The molecule has 2 heteroatoms. The Morgan fingerprint density at radius 3 is 2.59 bits per heavy atom. The first-order valence-corrected chi connectivity index (χ1v) is 8.68. The van der Waals surface area contributed by atoms with Crippen molar-refractivity contribution >= 4 is 0 Å². The van der Waals surface area contributed by atoms with Crippen molar-refractivity contribution in [1.29, 1.82) is 0 Å². The fourth-order valence-electron chi connectivity index (χ4n) is 6.21. The lowest BCUT2D eigenvalue weighted by molar-refractivity contribution is -0.0505. The van der Waals surface area contributed by atoms with E-state index in [2.05, 4.69) is 46.8 Å². The molecule has 4 rings (SSSR count). The van der Waals surface area contributed by atoms with Gasteiger partial charge in [-0.3, -0.25) is 0 Å². The molecule has 0 N–H and O–H groups in total. The van der Waals surface area contributed by atoms with Gasteiger partial charge in [0.05, 0.1) is 12.5 Å². The third-order valence-corrected chi connectivity index (χ3v) is 7.31. The quantitative estimate of drug-likeness (QED) is 0.509.